The van der Waals surface area contributed by atoms with Crippen LogP contribution in [0.2, 0.25) is 0 Å². The first-order valence-electron chi connectivity index (χ1n) is 9.78. The summed E-state index contributed by atoms with van der Waals surface area (Å²) >= 11 is 0. The summed E-state index contributed by atoms with van der Waals surface area (Å²) in [5.74, 6) is 1.94. The van der Waals surface area contributed by atoms with Gasteiger partial charge in [0.1, 0.15) is 17.6 Å². The monoisotopic (exact) mass is 405 g/mol. The molecule has 1 saturated heterocycles. The Labute approximate surface area is 174 Å². The highest BCUT2D eigenvalue weighted by molar-refractivity contribution is 5.87. The first kappa shape index (κ1) is 19.6. The van der Waals surface area contributed by atoms with Crippen molar-refractivity contribution in [3.8, 4) is 34.0 Å². The predicted molar refractivity (Wildman–Crippen MR) is 112 cm³/mol. The largest absolute Gasteiger partial charge is 0.496 e. The summed E-state index contributed by atoms with van der Waals surface area (Å²) in [6.07, 6.45) is 2.89. The highest BCUT2D eigenvalue weighted by atomic mass is 16.5. The van der Waals surface area contributed by atoms with Crippen molar-refractivity contribution in [3.05, 3.63) is 55.1 Å². The number of methoxy groups -OCH3 is 1. The molecule has 1 amide bonds. The molecule has 0 atom stereocenters. The van der Waals surface area contributed by atoms with Crippen molar-refractivity contribution < 1.29 is 14.3 Å². The summed E-state index contributed by atoms with van der Waals surface area (Å²) < 4.78 is 11.8. The predicted octanol–water partition coefficient (Wildman–Crippen LogP) is 3.10. The third-order valence-corrected chi connectivity index (χ3v) is 5.16. The number of carbonyl (C=O) groups is 1. The molecule has 0 radical (unpaired) electrons. The Morgan fingerprint density at radius 1 is 1.20 bits per heavy atom. The minimum Gasteiger partial charge on any atom is -0.496 e. The van der Waals surface area contributed by atoms with E-state index in [9.17, 15) is 4.79 Å². The third kappa shape index (κ3) is 4.17. The summed E-state index contributed by atoms with van der Waals surface area (Å²) in [7, 11) is 1.65. The normalized spacial score (nSPS) is 14.4. The van der Waals surface area contributed by atoms with Gasteiger partial charge in [-0.1, -0.05) is 24.8 Å². The fourth-order valence-electron chi connectivity index (χ4n) is 3.63. The maximum Gasteiger partial charge on any atom is 0.245 e. The highest BCUT2D eigenvalue weighted by Crippen LogP contribution is 2.35. The molecule has 2 heterocycles. The van der Waals surface area contributed by atoms with E-state index < -0.39 is 0 Å². The van der Waals surface area contributed by atoms with Gasteiger partial charge in [0.15, 0.2) is 0 Å². The first-order valence-corrected chi connectivity index (χ1v) is 9.78. The second-order valence-corrected chi connectivity index (χ2v) is 7.03. The Morgan fingerprint density at radius 2 is 1.97 bits per heavy atom. The van der Waals surface area contributed by atoms with Crippen molar-refractivity contribution in [2.24, 2.45) is 0 Å². The minimum atomic E-state index is -0.0361. The van der Waals surface area contributed by atoms with Gasteiger partial charge in [0.05, 0.1) is 7.11 Å². The Balaban J connectivity index is 1.62. The van der Waals surface area contributed by atoms with E-state index >= 15 is 0 Å². The van der Waals surface area contributed by atoms with Gasteiger partial charge in [-0.25, -0.2) is 0 Å². The number of nitrogens with one attached hydrogen (secondary N) is 1. The Kier molecular flexibility index (Phi) is 5.74. The molecule has 1 N–H and O–H groups in total. The fourth-order valence-corrected chi connectivity index (χ4v) is 3.63. The van der Waals surface area contributed by atoms with Crippen molar-refractivity contribution in [1.82, 2.24) is 25.5 Å². The molecular formula is C22H23N5O3. The molecule has 0 bridgehead atoms. The van der Waals surface area contributed by atoms with Crippen molar-refractivity contribution >= 4 is 5.91 Å². The van der Waals surface area contributed by atoms with Crippen LogP contribution in [0.25, 0.3) is 22.5 Å². The van der Waals surface area contributed by atoms with Crippen LogP contribution in [-0.2, 0) is 4.79 Å². The van der Waals surface area contributed by atoms with Crippen molar-refractivity contribution in [2.75, 3.05) is 20.2 Å². The second kappa shape index (κ2) is 8.77. The van der Waals surface area contributed by atoms with E-state index in [0.717, 1.165) is 35.3 Å². The molecule has 1 aromatic heterocycles. The molecule has 0 saturated carbocycles. The molecular weight excluding hydrogens is 382 g/mol. The van der Waals surface area contributed by atoms with Gasteiger partial charge in [0, 0.05) is 37.1 Å². The molecule has 2 aromatic carbocycles. The Bertz CT molecular complexity index is 1030. The first-order chi connectivity index (χ1) is 14.7. The third-order valence-electron chi connectivity index (χ3n) is 5.16. The van der Waals surface area contributed by atoms with Gasteiger partial charge in [0.25, 0.3) is 0 Å². The van der Waals surface area contributed by atoms with Crippen LogP contribution < -0.4 is 9.47 Å². The van der Waals surface area contributed by atoms with Gasteiger partial charge in [-0.2, -0.15) is 5.21 Å². The number of aromatic amines is 1. The van der Waals surface area contributed by atoms with Crippen molar-refractivity contribution in [3.63, 3.8) is 0 Å². The lowest BCUT2D eigenvalue weighted by atomic mass is 10.0. The van der Waals surface area contributed by atoms with Crippen LogP contribution in [0, 0.1) is 0 Å². The molecule has 8 heteroatoms. The number of ether oxygens (including phenoxy) is 2. The van der Waals surface area contributed by atoms with Crippen LogP contribution >= 0.6 is 0 Å². The molecule has 30 heavy (non-hydrogen) atoms. The number of amides is 1. The number of rotatable bonds is 6. The van der Waals surface area contributed by atoms with Crippen LogP contribution in [-0.4, -0.2) is 57.7 Å². The van der Waals surface area contributed by atoms with E-state index in [1.165, 1.54) is 6.08 Å². The van der Waals surface area contributed by atoms with E-state index in [1.807, 2.05) is 42.5 Å². The summed E-state index contributed by atoms with van der Waals surface area (Å²) in [4.78, 5) is 13.6. The van der Waals surface area contributed by atoms with Gasteiger partial charge in [-0.05, 0) is 41.1 Å². The number of carbonyl (C=O) groups excluding carboxylic acids is 1. The zero-order chi connectivity index (χ0) is 20.9. The molecule has 4 rings (SSSR count). The van der Waals surface area contributed by atoms with Crippen LogP contribution in [0.5, 0.6) is 11.5 Å². The number of aromatic nitrogens is 4. The maximum absolute atomic E-state index is 11.8. The molecule has 0 aliphatic carbocycles. The zero-order valence-corrected chi connectivity index (χ0v) is 16.7. The van der Waals surface area contributed by atoms with Crippen LogP contribution in [0.1, 0.15) is 12.8 Å². The molecule has 0 unspecified atom stereocenters. The molecule has 1 aliphatic rings. The van der Waals surface area contributed by atoms with Crippen molar-refractivity contribution in [1.29, 1.82) is 0 Å². The van der Waals surface area contributed by atoms with Crippen LogP contribution in [0.3, 0.4) is 0 Å². The van der Waals surface area contributed by atoms with E-state index in [0.29, 0.717) is 24.7 Å². The van der Waals surface area contributed by atoms with E-state index in [4.69, 9.17) is 9.47 Å². The van der Waals surface area contributed by atoms with Gasteiger partial charge in [-0.3, -0.25) is 4.79 Å². The zero-order valence-electron chi connectivity index (χ0n) is 16.7. The van der Waals surface area contributed by atoms with Crippen LogP contribution in [0.15, 0.2) is 55.1 Å². The van der Waals surface area contributed by atoms with E-state index in [1.54, 1.807) is 12.0 Å². The SMILES string of the molecule is C=CC(=O)N1CCC(Oc2cc(-c3nn[nH]n3)cc(-c3ccccc3OC)c2)CC1. The number of hydrogen-bond acceptors (Lipinski definition) is 6. The molecule has 3 aromatic rings. The summed E-state index contributed by atoms with van der Waals surface area (Å²) in [6, 6.07) is 13.7. The summed E-state index contributed by atoms with van der Waals surface area (Å²) in [5, 5.41) is 14.4. The van der Waals surface area contributed by atoms with Gasteiger partial charge in [-0.15, -0.1) is 10.2 Å². The summed E-state index contributed by atoms with van der Waals surface area (Å²) in [6.45, 7) is 4.86. The molecule has 0 spiro atoms. The molecule has 1 fully saturated rings. The molecule has 154 valence electrons. The second-order valence-electron chi connectivity index (χ2n) is 7.03. The van der Waals surface area contributed by atoms with Crippen LogP contribution in [0.4, 0.5) is 0 Å². The fraction of sp³-hybridized carbons (Fsp3) is 0.273. The quantitative estimate of drug-likeness (QED) is 0.634. The number of para-hydroxylation sites is 1. The number of H-pyrrole nitrogens is 1. The van der Waals surface area contributed by atoms with Gasteiger partial charge >= 0.3 is 0 Å². The van der Waals surface area contributed by atoms with Gasteiger partial charge in [0.2, 0.25) is 11.7 Å². The average Bonchev–Trinajstić information content (AvgIpc) is 3.34. The number of likely N-dealkylation sites (tertiary alicyclic amines) is 1. The minimum absolute atomic E-state index is 0.0184. The highest BCUT2D eigenvalue weighted by Gasteiger charge is 2.23. The molecule has 8 nitrogen and oxygen atoms in total. The topological polar surface area (TPSA) is 93.2 Å². The standard InChI is InChI=1S/C22H23N5O3/c1-3-21(28)27-10-8-17(9-11-27)30-18-13-15(19-6-4-5-7-20(19)29-2)12-16(14-18)22-23-25-26-24-22/h3-7,12-14,17H,1,8-11H2,2H3,(H,23,24,25,26). The van der Waals surface area contributed by atoms with Gasteiger partial charge < -0.3 is 14.4 Å². The smallest absolute Gasteiger partial charge is 0.245 e. The lowest BCUT2D eigenvalue weighted by Gasteiger charge is -2.31. The lowest BCUT2D eigenvalue weighted by Crippen LogP contribution is -2.41. The Morgan fingerprint density at radius 3 is 2.67 bits per heavy atom. The number of piperidine rings is 1. The van der Waals surface area contributed by atoms with Crippen molar-refractivity contribution in [2.45, 2.75) is 18.9 Å². The summed E-state index contributed by atoms with van der Waals surface area (Å²) in [5.41, 5.74) is 2.67. The van der Waals surface area contributed by atoms with E-state index in [2.05, 4.69) is 27.2 Å². The average molecular weight is 405 g/mol. The number of hydrogen-bond donors (Lipinski definition) is 1. The lowest BCUT2D eigenvalue weighted by molar-refractivity contribution is -0.127. The number of benzene rings is 2. The molecule has 1 aliphatic heterocycles. The maximum atomic E-state index is 11.8. The number of nitrogens with zero attached hydrogens (tertiary/aromatic N) is 4. The van der Waals surface area contributed by atoms with E-state index in [-0.39, 0.29) is 12.0 Å². The number of tetrazole rings is 1. The Hall–Kier alpha value is -3.68.